The lowest BCUT2D eigenvalue weighted by molar-refractivity contribution is -0.138. The average molecular weight is 249 g/mol. The summed E-state index contributed by atoms with van der Waals surface area (Å²) in [5, 5.41) is 18.2. The molecule has 1 aromatic heterocycles. The van der Waals surface area contributed by atoms with Gasteiger partial charge >= 0.3 is 5.97 Å². The van der Waals surface area contributed by atoms with Gasteiger partial charge in [0.15, 0.2) is 0 Å². The van der Waals surface area contributed by atoms with Crippen LogP contribution in [0, 0.1) is 11.3 Å². The second-order valence-electron chi connectivity index (χ2n) is 3.61. The molecule has 2 rings (SSSR count). The summed E-state index contributed by atoms with van der Waals surface area (Å²) < 4.78 is 0. The van der Waals surface area contributed by atoms with E-state index in [1.807, 2.05) is 6.07 Å². The molecule has 0 aliphatic carbocycles. The largest absolute Gasteiger partial charge is 0.480 e. The van der Waals surface area contributed by atoms with E-state index in [0.717, 1.165) is 5.75 Å². The number of carboxylic acid groups (broad SMARTS) is 1. The number of hydrogen-bond acceptors (Lipinski definition) is 5. The number of carboxylic acids is 1. The molecule has 1 fully saturated rings. The molecule has 88 valence electrons. The Morgan fingerprint density at radius 1 is 1.71 bits per heavy atom. The highest BCUT2D eigenvalue weighted by Crippen LogP contribution is 2.24. The van der Waals surface area contributed by atoms with Gasteiger partial charge in [-0.3, -0.25) is 0 Å². The molecule has 6 heteroatoms. The first-order valence-electron chi connectivity index (χ1n) is 5.16. The van der Waals surface area contributed by atoms with E-state index in [1.54, 1.807) is 35.0 Å². The van der Waals surface area contributed by atoms with Crippen LogP contribution in [0.3, 0.4) is 0 Å². The van der Waals surface area contributed by atoms with Gasteiger partial charge in [-0.25, -0.2) is 9.78 Å². The van der Waals surface area contributed by atoms with Gasteiger partial charge in [0.1, 0.15) is 17.9 Å². The van der Waals surface area contributed by atoms with Gasteiger partial charge in [-0.1, -0.05) is 0 Å². The lowest BCUT2D eigenvalue weighted by atomic mass is 10.2. The number of nitriles is 1. The number of aromatic nitrogens is 1. The first kappa shape index (κ1) is 11.7. The summed E-state index contributed by atoms with van der Waals surface area (Å²) in [7, 11) is 0. The lowest BCUT2D eigenvalue weighted by Crippen LogP contribution is -2.48. The molecule has 2 heterocycles. The van der Waals surface area contributed by atoms with Crippen molar-refractivity contribution in [1.82, 2.24) is 4.98 Å². The van der Waals surface area contributed by atoms with Gasteiger partial charge in [-0.2, -0.15) is 17.0 Å². The Hall–Kier alpha value is -1.74. The maximum atomic E-state index is 11.2. The zero-order chi connectivity index (χ0) is 12.3. The van der Waals surface area contributed by atoms with E-state index in [1.165, 1.54) is 0 Å². The topological polar surface area (TPSA) is 77.2 Å². The first-order chi connectivity index (χ1) is 8.24. The van der Waals surface area contributed by atoms with Crippen LogP contribution in [0.2, 0.25) is 0 Å². The minimum absolute atomic E-state index is 0.422. The van der Waals surface area contributed by atoms with Gasteiger partial charge in [0.25, 0.3) is 0 Å². The molecule has 0 amide bonds. The van der Waals surface area contributed by atoms with Crippen LogP contribution in [0.25, 0.3) is 0 Å². The predicted octanol–water partition coefficient (Wildman–Crippen LogP) is 0.960. The SMILES string of the molecule is N#Cc1cccnc1N1CCSCC1C(=O)O. The van der Waals surface area contributed by atoms with Crippen LogP contribution in [-0.2, 0) is 4.79 Å². The van der Waals surface area contributed by atoms with Gasteiger partial charge in [0.2, 0.25) is 0 Å². The van der Waals surface area contributed by atoms with E-state index in [0.29, 0.717) is 23.7 Å². The number of anilines is 1. The molecule has 0 spiro atoms. The maximum Gasteiger partial charge on any atom is 0.327 e. The minimum Gasteiger partial charge on any atom is -0.480 e. The smallest absolute Gasteiger partial charge is 0.327 e. The van der Waals surface area contributed by atoms with Crippen LogP contribution in [0.5, 0.6) is 0 Å². The molecule has 1 atom stereocenters. The van der Waals surface area contributed by atoms with Crippen molar-refractivity contribution >= 4 is 23.5 Å². The third-order valence-corrected chi connectivity index (χ3v) is 3.62. The van der Waals surface area contributed by atoms with Gasteiger partial charge in [-0.05, 0) is 12.1 Å². The van der Waals surface area contributed by atoms with Crippen molar-refractivity contribution in [2.24, 2.45) is 0 Å². The molecular formula is C11H11N3O2S. The number of nitrogens with zero attached hydrogens (tertiary/aromatic N) is 3. The zero-order valence-corrected chi connectivity index (χ0v) is 9.85. The van der Waals surface area contributed by atoms with E-state index >= 15 is 0 Å². The molecule has 17 heavy (non-hydrogen) atoms. The normalized spacial score (nSPS) is 19.7. The predicted molar refractivity (Wildman–Crippen MR) is 65.0 cm³/mol. The molecule has 1 unspecified atom stereocenters. The maximum absolute atomic E-state index is 11.2. The Labute approximate surface area is 103 Å². The van der Waals surface area contributed by atoms with Crippen molar-refractivity contribution in [1.29, 1.82) is 5.26 Å². The van der Waals surface area contributed by atoms with Crippen LogP contribution in [0.15, 0.2) is 18.3 Å². The Balaban J connectivity index is 2.36. The monoisotopic (exact) mass is 249 g/mol. The molecule has 1 N–H and O–H groups in total. The number of thioether (sulfide) groups is 1. The Morgan fingerprint density at radius 3 is 3.24 bits per heavy atom. The fourth-order valence-electron chi connectivity index (χ4n) is 1.77. The molecular weight excluding hydrogens is 238 g/mol. The molecule has 0 aromatic carbocycles. The minimum atomic E-state index is -0.869. The number of carbonyl (C=O) groups is 1. The Morgan fingerprint density at radius 2 is 2.53 bits per heavy atom. The van der Waals surface area contributed by atoms with E-state index in [2.05, 4.69) is 4.98 Å². The van der Waals surface area contributed by atoms with Gasteiger partial charge in [0.05, 0.1) is 5.56 Å². The zero-order valence-electron chi connectivity index (χ0n) is 9.04. The molecule has 1 aliphatic heterocycles. The molecule has 0 radical (unpaired) electrons. The molecule has 1 saturated heterocycles. The third kappa shape index (κ3) is 2.34. The van der Waals surface area contributed by atoms with Gasteiger partial charge in [0, 0.05) is 24.2 Å². The highest BCUT2D eigenvalue weighted by molar-refractivity contribution is 7.99. The average Bonchev–Trinajstić information content (AvgIpc) is 2.38. The quantitative estimate of drug-likeness (QED) is 0.841. The molecule has 0 bridgehead atoms. The fraction of sp³-hybridized carbons (Fsp3) is 0.364. The van der Waals surface area contributed by atoms with E-state index in [4.69, 9.17) is 10.4 Å². The van der Waals surface area contributed by atoms with Crippen molar-refractivity contribution in [2.45, 2.75) is 6.04 Å². The van der Waals surface area contributed by atoms with Crippen molar-refractivity contribution < 1.29 is 9.90 Å². The highest BCUT2D eigenvalue weighted by atomic mass is 32.2. The summed E-state index contributed by atoms with van der Waals surface area (Å²) in [4.78, 5) is 17.0. The van der Waals surface area contributed by atoms with Crippen molar-refractivity contribution in [3.05, 3.63) is 23.9 Å². The third-order valence-electron chi connectivity index (χ3n) is 2.59. The highest BCUT2D eigenvalue weighted by Gasteiger charge is 2.30. The van der Waals surface area contributed by atoms with Gasteiger partial charge in [-0.15, -0.1) is 0 Å². The Kier molecular flexibility index (Phi) is 3.49. The molecule has 0 saturated carbocycles. The lowest BCUT2D eigenvalue weighted by Gasteiger charge is -2.33. The summed E-state index contributed by atoms with van der Waals surface area (Å²) in [6, 6.07) is 4.78. The molecule has 1 aliphatic rings. The van der Waals surface area contributed by atoms with Gasteiger partial charge < -0.3 is 10.0 Å². The summed E-state index contributed by atoms with van der Waals surface area (Å²) >= 11 is 1.61. The van der Waals surface area contributed by atoms with Crippen LogP contribution in [0.4, 0.5) is 5.82 Å². The molecule has 5 nitrogen and oxygen atoms in total. The van der Waals surface area contributed by atoms with E-state index in [9.17, 15) is 4.79 Å². The first-order valence-corrected chi connectivity index (χ1v) is 6.32. The summed E-state index contributed by atoms with van der Waals surface area (Å²) in [5.41, 5.74) is 0.422. The molecule has 1 aromatic rings. The number of aliphatic carboxylic acids is 1. The standard InChI is InChI=1S/C11H11N3O2S/c12-6-8-2-1-3-13-10(8)14-4-5-17-7-9(14)11(15)16/h1-3,9H,4-5,7H2,(H,15,16). The fourth-order valence-corrected chi connectivity index (χ4v) is 2.81. The summed E-state index contributed by atoms with van der Waals surface area (Å²) in [6.45, 7) is 0.604. The van der Waals surface area contributed by atoms with Crippen LogP contribution in [-0.4, -0.2) is 40.2 Å². The summed E-state index contributed by atoms with van der Waals surface area (Å²) in [6.07, 6.45) is 1.58. The van der Waals surface area contributed by atoms with Crippen LogP contribution < -0.4 is 4.90 Å². The van der Waals surface area contributed by atoms with Crippen molar-refractivity contribution in [3.8, 4) is 6.07 Å². The van der Waals surface area contributed by atoms with Crippen molar-refractivity contribution in [3.63, 3.8) is 0 Å². The number of rotatable bonds is 2. The second kappa shape index (κ2) is 5.06. The van der Waals surface area contributed by atoms with Crippen molar-refractivity contribution in [2.75, 3.05) is 23.0 Å². The van der Waals surface area contributed by atoms with E-state index in [-0.39, 0.29) is 0 Å². The Bertz CT molecular complexity index is 472. The summed E-state index contributed by atoms with van der Waals surface area (Å²) in [5.74, 6) is 0.983. The number of hydrogen-bond donors (Lipinski definition) is 1. The second-order valence-corrected chi connectivity index (χ2v) is 4.76. The number of pyridine rings is 1. The van der Waals surface area contributed by atoms with Crippen LogP contribution >= 0.6 is 11.8 Å². The van der Waals surface area contributed by atoms with E-state index < -0.39 is 12.0 Å². The van der Waals surface area contributed by atoms with Crippen LogP contribution in [0.1, 0.15) is 5.56 Å².